The van der Waals surface area contributed by atoms with Gasteiger partial charge in [-0.1, -0.05) is 60.1 Å². The summed E-state index contributed by atoms with van der Waals surface area (Å²) in [6.45, 7) is 19.5. The van der Waals surface area contributed by atoms with Gasteiger partial charge in [0.1, 0.15) is 6.10 Å². The Kier molecular flexibility index (Phi) is 6.44. The Morgan fingerprint density at radius 2 is 1.63 bits per heavy atom. The standard InChI is InChI=1S/C33H53NO4/c1-9-34-27(37)38-25-13-14-30(6)23(29(25,4)5)12-15-32(8)24(30)11-10-21-22-20-28(2,3)16-18-33(22,26(35)36)19-17-31(21,32)7/h10,22-25H,9,11-20H2,1-8H3,(H,34,37)(H,35,36)/t22?,23?,24?,25-,30+,31-,32-,33+/m1/s1. The van der Waals surface area contributed by atoms with E-state index < -0.39 is 11.4 Å². The Labute approximate surface area is 230 Å². The first-order valence-corrected chi connectivity index (χ1v) is 15.5. The average molecular weight is 528 g/mol. The van der Waals surface area contributed by atoms with Crippen LogP contribution in [0.2, 0.25) is 0 Å². The predicted octanol–water partition coefficient (Wildman–Crippen LogP) is 7.99. The van der Waals surface area contributed by atoms with Crippen LogP contribution in [0.3, 0.4) is 0 Å². The summed E-state index contributed by atoms with van der Waals surface area (Å²) >= 11 is 0. The third-order valence-electron chi connectivity index (χ3n) is 13.6. The van der Waals surface area contributed by atoms with Crippen molar-refractivity contribution in [2.75, 3.05) is 6.54 Å². The highest BCUT2D eigenvalue weighted by Gasteiger charge is 2.69. The lowest BCUT2D eigenvalue weighted by Crippen LogP contribution is -2.65. The Morgan fingerprint density at radius 3 is 2.29 bits per heavy atom. The van der Waals surface area contributed by atoms with Gasteiger partial charge in [-0.2, -0.15) is 0 Å². The molecule has 214 valence electrons. The first-order valence-electron chi connectivity index (χ1n) is 15.5. The minimum absolute atomic E-state index is 0.0411. The van der Waals surface area contributed by atoms with Gasteiger partial charge in [0.05, 0.1) is 5.41 Å². The van der Waals surface area contributed by atoms with Crippen molar-refractivity contribution < 1.29 is 19.4 Å². The van der Waals surface area contributed by atoms with Crippen molar-refractivity contribution in [3.8, 4) is 0 Å². The Bertz CT molecular complexity index is 1030. The smallest absolute Gasteiger partial charge is 0.407 e. The summed E-state index contributed by atoms with van der Waals surface area (Å²) in [7, 11) is 0. The number of nitrogens with one attached hydrogen (secondary N) is 1. The first-order chi connectivity index (χ1) is 17.6. The largest absolute Gasteiger partial charge is 0.481 e. The summed E-state index contributed by atoms with van der Waals surface area (Å²) in [5.41, 5.74) is 1.39. The molecule has 8 atom stereocenters. The van der Waals surface area contributed by atoms with Gasteiger partial charge in [0.25, 0.3) is 0 Å². The van der Waals surface area contributed by atoms with E-state index in [9.17, 15) is 14.7 Å². The van der Waals surface area contributed by atoms with Crippen molar-refractivity contribution in [1.29, 1.82) is 0 Å². The number of fused-ring (bicyclic) bond motifs is 7. The fourth-order valence-corrected chi connectivity index (χ4v) is 11.1. The van der Waals surface area contributed by atoms with Crippen molar-refractivity contribution in [1.82, 2.24) is 5.32 Å². The molecule has 0 saturated heterocycles. The van der Waals surface area contributed by atoms with Crippen molar-refractivity contribution in [2.45, 2.75) is 126 Å². The van der Waals surface area contributed by atoms with Crippen molar-refractivity contribution in [2.24, 2.45) is 50.2 Å². The van der Waals surface area contributed by atoms with E-state index in [2.05, 4.69) is 59.9 Å². The zero-order valence-electron chi connectivity index (χ0n) is 25.3. The van der Waals surface area contributed by atoms with Gasteiger partial charge in [0.15, 0.2) is 0 Å². The topological polar surface area (TPSA) is 75.6 Å². The van der Waals surface area contributed by atoms with E-state index in [1.807, 2.05) is 6.92 Å². The summed E-state index contributed by atoms with van der Waals surface area (Å²) in [6, 6.07) is 0. The van der Waals surface area contributed by atoms with E-state index in [-0.39, 0.29) is 45.2 Å². The van der Waals surface area contributed by atoms with Crippen LogP contribution in [0.4, 0.5) is 4.79 Å². The number of carbonyl (C=O) groups excluding carboxylic acids is 1. The molecule has 5 rings (SSSR count). The number of carbonyl (C=O) groups is 2. The molecule has 1 amide bonds. The van der Waals surface area contributed by atoms with Gasteiger partial charge in [-0.05, 0) is 111 Å². The second kappa shape index (κ2) is 8.74. The number of allylic oxidation sites excluding steroid dienone is 2. The normalized spacial score (nSPS) is 46.8. The van der Waals surface area contributed by atoms with Gasteiger partial charge in [-0.25, -0.2) is 4.79 Å². The van der Waals surface area contributed by atoms with Crippen molar-refractivity contribution in [3.63, 3.8) is 0 Å². The number of alkyl carbamates (subject to hydrolysis) is 1. The highest BCUT2D eigenvalue weighted by molar-refractivity contribution is 5.76. The van der Waals surface area contributed by atoms with E-state index in [0.717, 1.165) is 57.8 Å². The van der Waals surface area contributed by atoms with E-state index in [1.54, 1.807) is 0 Å². The third-order valence-corrected chi connectivity index (χ3v) is 13.6. The number of aliphatic carboxylic acids is 1. The van der Waals surface area contributed by atoms with Gasteiger partial charge in [0, 0.05) is 12.0 Å². The van der Waals surface area contributed by atoms with E-state index in [1.165, 1.54) is 12.0 Å². The van der Waals surface area contributed by atoms with Crippen LogP contribution in [0.5, 0.6) is 0 Å². The van der Waals surface area contributed by atoms with Gasteiger partial charge in [-0.3, -0.25) is 4.79 Å². The average Bonchev–Trinajstić information content (AvgIpc) is 2.81. The second-order valence-electron chi connectivity index (χ2n) is 16.0. The summed E-state index contributed by atoms with van der Waals surface area (Å²) in [6.07, 6.45) is 12.2. The van der Waals surface area contributed by atoms with Gasteiger partial charge < -0.3 is 15.2 Å². The van der Waals surface area contributed by atoms with Crippen LogP contribution in [0.25, 0.3) is 0 Å². The minimum atomic E-state index is -0.582. The molecular formula is C33H53NO4. The highest BCUT2D eigenvalue weighted by Crippen LogP contribution is 2.75. The molecule has 4 saturated carbocycles. The lowest BCUT2D eigenvalue weighted by Gasteiger charge is -2.71. The molecule has 0 spiro atoms. The molecule has 0 radical (unpaired) electrons. The number of ether oxygens (including phenoxy) is 1. The zero-order valence-corrected chi connectivity index (χ0v) is 25.3. The van der Waals surface area contributed by atoms with Gasteiger partial charge in [-0.15, -0.1) is 0 Å². The molecule has 0 aliphatic heterocycles. The fraction of sp³-hybridized carbons (Fsp3) is 0.879. The Hall–Kier alpha value is -1.52. The van der Waals surface area contributed by atoms with Gasteiger partial charge >= 0.3 is 12.1 Å². The quantitative estimate of drug-likeness (QED) is 0.365. The molecule has 0 heterocycles. The van der Waals surface area contributed by atoms with Crippen LogP contribution < -0.4 is 5.32 Å². The molecule has 0 bridgehead atoms. The van der Waals surface area contributed by atoms with Crippen LogP contribution in [-0.2, 0) is 9.53 Å². The molecular weight excluding hydrogens is 474 g/mol. The van der Waals surface area contributed by atoms with E-state index >= 15 is 0 Å². The molecule has 5 nitrogen and oxygen atoms in total. The number of amides is 1. The lowest BCUT2D eigenvalue weighted by molar-refractivity contribution is -0.205. The summed E-state index contributed by atoms with van der Waals surface area (Å²) in [5.74, 6) is 0.649. The molecule has 0 aromatic carbocycles. The first kappa shape index (κ1) is 28.0. The van der Waals surface area contributed by atoms with Crippen LogP contribution in [0.15, 0.2) is 11.6 Å². The SMILES string of the molecule is CCNC(=O)O[C@@H]1CC[C@@]2(C)C(CC[C@]3(C)C2CC=C2C4CC(C)(C)CC[C@]4(C(=O)O)CC[C@]23C)C1(C)C. The minimum Gasteiger partial charge on any atom is -0.481 e. The van der Waals surface area contributed by atoms with Crippen LogP contribution in [0, 0.1) is 50.2 Å². The number of carboxylic acid groups (broad SMARTS) is 1. The highest BCUT2D eigenvalue weighted by atomic mass is 16.6. The maximum absolute atomic E-state index is 12.9. The van der Waals surface area contributed by atoms with Crippen LogP contribution in [0.1, 0.15) is 120 Å². The van der Waals surface area contributed by atoms with Crippen molar-refractivity contribution >= 4 is 12.1 Å². The Balaban J connectivity index is 1.51. The summed E-state index contributed by atoms with van der Waals surface area (Å²) in [4.78, 5) is 25.2. The number of carboxylic acids is 1. The number of rotatable bonds is 3. The van der Waals surface area contributed by atoms with Gasteiger partial charge in [0.2, 0.25) is 0 Å². The number of hydrogen-bond acceptors (Lipinski definition) is 3. The fourth-order valence-electron chi connectivity index (χ4n) is 11.1. The van der Waals surface area contributed by atoms with Crippen LogP contribution in [-0.4, -0.2) is 29.8 Å². The third kappa shape index (κ3) is 3.68. The molecule has 5 aliphatic rings. The monoisotopic (exact) mass is 527 g/mol. The molecule has 3 unspecified atom stereocenters. The summed E-state index contributed by atoms with van der Waals surface area (Å²) < 4.78 is 6.00. The molecule has 38 heavy (non-hydrogen) atoms. The predicted molar refractivity (Wildman–Crippen MR) is 151 cm³/mol. The lowest BCUT2D eigenvalue weighted by atomic mass is 9.33. The molecule has 2 N–H and O–H groups in total. The van der Waals surface area contributed by atoms with E-state index in [4.69, 9.17) is 4.74 Å². The zero-order chi connectivity index (χ0) is 27.9. The molecule has 0 aromatic rings. The maximum Gasteiger partial charge on any atom is 0.407 e. The molecule has 5 heteroatoms. The van der Waals surface area contributed by atoms with Crippen LogP contribution >= 0.6 is 0 Å². The maximum atomic E-state index is 12.9. The Morgan fingerprint density at radius 1 is 0.947 bits per heavy atom. The molecule has 5 aliphatic carbocycles. The van der Waals surface area contributed by atoms with E-state index in [0.29, 0.717) is 18.4 Å². The molecule has 0 aromatic heterocycles. The number of hydrogen-bond donors (Lipinski definition) is 2. The van der Waals surface area contributed by atoms with Crippen molar-refractivity contribution in [3.05, 3.63) is 11.6 Å². The second-order valence-corrected chi connectivity index (χ2v) is 16.0. The summed E-state index contributed by atoms with van der Waals surface area (Å²) in [5, 5.41) is 13.4. The molecule has 4 fully saturated rings.